The molecule has 0 radical (unpaired) electrons. The molecule has 1 aromatic rings. The van der Waals surface area contributed by atoms with Gasteiger partial charge in [-0.25, -0.2) is 9.59 Å². The molecule has 0 saturated heterocycles. The molecule has 2 N–H and O–H groups in total. The Morgan fingerprint density at radius 1 is 1.30 bits per heavy atom. The molecule has 1 aromatic carbocycles. The highest BCUT2D eigenvalue weighted by molar-refractivity contribution is 5.91. The molecule has 0 aliphatic carbocycles. The number of carbonyl (C=O) groups is 2. The lowest BCUT2D eigenvalue weighted by atomic mass is 10.1. The molecule has 20 heavy (non-hydrogen) atoms. The van der Waals surface area contributed by atoms with Crippen molar-refractivity contribution >= 4 is 12.1 Å². The molecule has 6 heteroatoms. The fourth-order valence-corrected chi connectivity index (χ4v) is 1.51. The Morgan fingerprint density at radius 2 is 1.95 bits per heavy atom. The summed E-state index contributed by atoms with van der Waals surface area (Å²) in [4.78, 5) is 22.4. The Balaban J connectivity index is 2.70. The molecule has 1 rings (SSSR count). The summed E-state index contributed by atoms with van der Waals surface area (Å²) in [5.41, 5.74) is 0.237. The van der Waals surface area contributed by atoms with Gasteiger partial charge in [0.2, 0.25) is 0 Å². The minimum absolute atomic E-state index is 0.0773. The lowest BCUT2D eigenvalue weighted by molar-refractivity contribution is 0.0522. The van der Waals surface area contributed by atoms with Crippen LogP contribution in [0.4, 0.5) is 4.79 Å². The molecule has 0 heterocycles. The average molecular weight is 281 g/mol. The minimum atomic E-state index is -1.06. The van der Waals surface area contributed by atoms with Crippen LogP contribution in [-0.2, 0) is 11.3 Å². The van der Waals surface area contributed by atoms with E-state index in [1.807, 2.05) is 0 Å². The third-order valence-electron chi connectivity index (χ3n) is 2.33. The number of benzene rings is 1. The van der Waals surface area contributed by atoms with E-state index in [1.165, 1.54) is 13.2 Å². The van der Waals surface area contributed by atoms with Gasteiger partial charge in [0.05, 0.1) is 7.11 Å². The molecule has 0 atom stereocenters. The van der Waals surface area contributed by atoms with Crippen LogP contribution in [0.15, 0.2) is 18.2 Å². The molecular weight excluding hydrogens is 262 g/mol. The van der Waals surface area contributed by atoms with Crippen molar-refractivity contribution in [2.45, 2.75) is 32.9 Å². The van der Waals surface area contributed by atoms with Gasteiger partial charge in [-0.1, -0.05) is 6.07 Å². The van der Waals surface area contributed by atoms with Gasteiger partial charge >= 0.3 is 12.1 Å². The number of carbonyl (C=O) groups excluding carboxylic acids is 1. The maximum Gasteiger partial charge on any atom is 0.407 e. The molecule has 0 aliphatic heterocycles. The first-order valence-electron chi connectivity index (χ1n) is 6.10. The third kappa shape index (κ3) is 4.79. The fraction of sp³-hybridized carbons (Fsp3) is 0.429. The molecule has 1 amide bonds. The number of amides is 1. The average Bonchev–Trinajstić information content (AvgIpc) is 2.33. The van der Waals surface area contributed by atoms with Gasteiger partial charge in [0, 0.05) is 6.54 Å². The van der Waals surface area contributed by atoms with Gasteiger partial charge < -0.3 is 19.9 Å². The Kier molecular flexibility index (Phi) is 4.96. The minimum Gasteiger partial charge on any atom is -0.496 e. The summed E-state index contributed by atoms with van der Waals surface area (Å²) in [7, 11) is 1.40. The van der Waals surface area contributed by atoms with Crippen LogP contribution in [-0.4, -0.2) is 29.9 Å². The summed E-state index contributed by atoms with van der Waals surface area (Å²) in [6, 6.07) is 4.62. The second-order valence-electron chi connectivity index (χ2n) is 5.20. The highest BCUT2D eigenvalue weighted by atomic mass is 16.6. The maximum absolute atomic E-state index is 11.5. The number of alkyl carbamates (subject to hydrolysis) is 1. The van der Waals surface area contributed by atoms with E-state index in [4.69, 9.17) is 14.6 Å². The summed E-state index contributed by atoms with van der Waals surface area (Å²) in [6.45, 7) is 5.55. The summed E-state index contributed by atoms with van der Waals surface area (Å²) in [5, 5.41) is 11.6. The van der Waals surface area contributed by atoms with E-state index in [9.17, 15) is 9.59 Å². The highest BCUT2D eigenvalue weighted by Gasteiger charge is 2.16. The standard InChI is InChI=1S/C14H19NO5/c1-14(2,3)20-13(18)15-8-9-5-6-10(12(16)17)11(7-9)19-4/h5-7H,8H2,1-4H3,(H,15,18)(H,16,17). The highest BCUT2D eigenvalue weighted by Crippen LogP contribution is 2.20. The van der Waals surface area contributed by atoms with Crippen molar-refractivity contribution in [3.8, 4) is 5.75 Å². The molecule has 0 spiro atoms. The van der Waals surface area contributed by atoms with Crippen LogP contribution in [0, 0.1) is 0 Å². The van der Waals surface area contributed by atoms with Gasteiger partial charge in [0.1, 0.15) is 16.9 Å². The SMILES string of the molecule is COc1cc(CNC(=O)OC(C)(C)C)ccc1C(=O)O. The largest absolute Gasteiger partial charge is 0.496 e. The number of aromatic carboxylic acids is 1. The van der Waals surface area contributed by atoms with Crippen molar-refractivity contribution in [2.75, 3.05) is 7.11 Å². The summed E-state index contributed by atoms with van der Waals surface area (Å²) in [5.74, 6) is -0.811. The van der Waals surface area contributed by atoms with Crippen molar-refractivity contribution in [3.05, 3.63) is 29.3 Å². The number of carboxylic acids is 1. The molecule has 0 bridgehead atoms. The molecule has 0 saturated carbocycles. The summed E-state index contributed by atoms with van der Waals surface area (Å²) >= 11 is 0. The number of rotatable bonds is 4. The Hall–Kier alpha value is -2.24. The van der Waals surface area contributed by atoms with E-state index in [-0.39, 0.29) is 17.9 Å². The van der Waals surface area contributed by atoms with Crippen molar-refractivity contribution in [1.29, 1.82) is 0 Å². The van der Waals surface area contributed by atoms with Crippen molar-refractivity contribution in [1.82, 2.24) is 5.32 Å². The lowest BCUT2D eigenvalue weighted by Crippen LogP contribution is -2.32. The van der Waals surface area contributed by atoms with Crippen LogP contribution >= 0.6 is 0 Å². The first kappa shape index (κ1) is 15.8. The Morgan fingerprint density at radius 3 is 2.45 bits per heavy atom. The third-order valence-corrected chi connectivity index (χ3v) is 2.33. The molecule has 6 nitrogen and oxygen atoms in total. The number of hydrogen-bond acceptors (Lipinski definition) is 4. The monoisotopic (exact) mass is 281 g/mol. The van der Waals surface area contributed by atoms with Crippen LogP contribution in [0.2, 0.25) is 0 Å². The van der Waals surface area contributed by atoms with Gasteiger partial charge in [0.15, 0.2) is 0 Å². The van der Waals surface area contributed by atoms with E-state index >= 15 is 0 Å². The molecule has 0 fully saturated rings. The van der Waals surface area contributed by atoms with Crippen LogP contribution in [0.3, 0.4) is 0 Å². The van der Waals surface area contributed by atoms with Crippen LogP contribution in [0.5, 0.6) is 5.75 Å². The van der Waals surface area contributed by atoms with E-state index in [0.717, 1.165) is 5.56 Å². The Bertz CT molecular complexity index is 505. The zero-order chi connectivity index (χ0) is 15.3. The van der Waals surface area contributed by atoms with Gasteiger partial charge in [-0.2, -0.15) is 0 Å². The summed E-state index contributed by atoms with van der Waals surface area (Å²) < 4.78 is 10.1. The zero-order valence-corrected chi connectivity index (χ0v) is 12.0. The second-order valence-corrected chi connectivity index (χ2v) is 5.20. The Labute approximate surface area is 117 Å². The first-order chi connectivity index (χ1) is 9.23. The van der Waals surface area contributed by atoms with E-state index < -0.39 is 17.7 Å². The topological polar surface area (TPSA) is 84.9 Å². The maximum atomic E-state index is 11.5. The van der Waals surface area contributed by atoms with Gasteiger partial charge in [-0.3, -0.25) is 0 Å². The van der Waals surface area contributed by atoms with Crippen molar-refractivity contribution < 1.29 is 24.2 Å². The number of nitrogens with one attached hydrogen (secondary N) is 1. The van der Waals surface area contributed by atoms with E-state index in [1.54, 1.807) is 32.9 Å². The molecular formula is C14H19NO5. The predicted octanol–water partition coefficient (Wildman–Crippen LogP) is 2.42. The smallest absolute Gasteiger partial charge is 0.407 e. The van der Waals surface area contributed by atoms with Crippen molar-refractivity contribution in [2.24, 2.45) is 0 Å². The van der Waals surface area contributed by atoms with Crippen molar-refractivity contribution in [3.63, 3.8) is 0 Å². The second kappa shape index (κ2) is 6.27. The van der Waals surface area contributed by atoms with Gasteiger partial charge in [0.25, 0.3) is 0 Å². The molecule has 0 aliphatic rings. The van der Waals surface area contributed by atoms with Crippen LogP contribution in [0.1, 0.15) is 36.7 Å². The van der Waals surface area contributed by atoms with E-state index in [2.05, 4.69) is 5.32 Å². The number of carboxylic acid groups (broad SMARTS) is 1. The van der Waals surface area contributed by atoms with Gasteiger partial charge in [-0.15, -0.1) is 0 Å². The van der Waals surface area contributed by atoms with Gasteiger partial charge in [-0.05, 0) is 38.5 Å². The molecule has 0 aromatic heterocycles. The first-order valence-corrected chi connectivity index (χ1v) is 6.10. The number of hydrogen-bond donors (Lipinski definition) is 2. The van der Waals surface area contributed by atoms with Crippen LogP contribution in [0.25, 0.3) is 0 Å². The molecule has 0 unspecified atom stereocenters. The van der Waals surface area contributed by atoms with Crippen LogP contribution < -0.4 is 10.1 Å². The normalized spacial score (nSPS) is 10.8. The number of methoxy groups -OCH3 is 1. The molecule has 110 valence electrons. The predicted molar refractivity (Wildman–Crippen MR) is 73.0 cm³/mol. The zero-order valence-electron chi connectivity index (χ0n) is 12.0. The quantitative estimate of drug-likeness (QED) is 0.885. The number of ether oxygens (including phenoxy) is 2. The summed E-state index contributed by atoms with van der Waals surface area (Å²) in [6.07, 6.45) is -0.529. The van der Waals surface area contributed by atoms with E-state index in [0.29, 0.717) is 0 Å². The fourth-order valence-electron chi connectivity index (χ4n) is 1.51. The lowest BCUT2D eigenvalue weighted by Gasteiger charge is -2.19.